The molecule has 1 heterocycles. The molecule has 2 heteroatoms. The van der Waals surface area contributed by atoms with E-state index >= 15 is 0 Å². The van der Waals surface area contributed by atoms with Gasteiger partial charge >= 0.3 is 0 Å². The Balaban J connectivity index is 2.45. The SMILES string of the molecule is CCC=CSc1ccccn1. The van der Waals surface area contributed by atoms with E-state index in [1.54, 1.807) is 11.8 Å². The van der Waals surface area contributed by atoms with Crippen molar-refractivity contribution < 1.29 is 0 Å². The van der Waals surface area contributed by atoms with E-state index in [1.807, 2.05) is 24.4 Å². The lowest BCUT2D eigenvalue weighted by molar-refractivity contribution is 1.14. The van der Waals surface area contributed by atoms with Gasteiger partial charge < -0.3 is 0 Å². The van der Waals surface area contributed by atoms with Crippen LogP contribution in [-0.4, -0.2) is 4.98 Å². The van der Waals surface area contributed by atoms with E-state index in [1.165, 1.54) is 0 Å². The monoisotopic (exact) mass is 165 g/mol. The van der Waals surface area contributed by atoms with E-state index in [0.29, 0.717) is 0 Å². The first-order valence-electron chi connectivity index (χ1n) is 3.66. The van der Waals surface area contributed by atoms with Gasteiger partial charge in [-0.25, -0.2) is 4.98 Å². The van der Waals surface area contributed by atoms with Gasteiger partial charge in [0.15, 0.2) is 0 Å². The topological polar surface area (TPSA) is 12.9 Å². The van der Waals surface area contributed by atoms with E-state index in [2.05, 4.69) is 23.4 Å². The second kappa shape index (κ2) is 4.97. The molecule has 0 saturated carbocycles. The lowest BCUT2D eigenvalue weighted by atomic mass is 10.5. The van der Waals surface area contributed by atoms with Crippen LogP contribution in [0.5, 0.6) is 0 Å². The Kier molecular flexibility index (Phi) is 3.76. The van der Waals surface area contributed by atoms with Crippen molar-refractivity contribution in [3.63, 3.8) is 0 Å². The number of pyridine rings is 1. The van der Waals surface area contributed by atoms with Gasteiger partial charge in [-0.15, -0.1) is 0 Å². The lowest BCUT2D eigenvalue weighted by Crippen LogP contribution is -1.72. The Morgan fingerprint density at radius 2 is 2.45 bits per heavy atom. The Morgan fingerprint density at radius 1 is 1.55 bits per heavy atom. The van der Waals surface area contributed by atoms with Crippen molar-refractivity contribution in [2.75, 3.05) is 0 Å². The van der Waals surface area contributed by atoms with Gasteiger partial charge in [0.1, 0.15) is 5.03 Å². The van der Waals surface area contributed by atoms with Crippen LogP contribution in [0.15, 0.2) is 40.9 Å². The highest BCUT2D eigenvalue weighted by Crippen LogP contribution is 2.14. The Labute approximate surface area is 71.5 Å². The third-order valence-electron chi connectivity index (χ3n) is 1.16. The minimum Gasteiger partial charge on any atom is -0.250 e. The van der Waals surface area contributed by atoms with Crippen LogP contribution >= 0.6 is 11.8 Å². The van der Waals surface area contributed by atoms with Crippen LogP contribution in [0, 0.1) is 0 Å². The molecule has 0 N–H and O–H groups in total. The van der Waals surface area contributed by atoms with Gasteiger partial charge in [0, 0.05) is 6.20 Å². The molecule has 0 atom stereocenters. The van der Waals surface area contributed by atoms with Crippen molar-refractivity contribution in [3.05, 3.63) is 35.9 Å². The van der Waals surface area contributed by atoms with Gasteiger partial charge in [-0.3, -0.25) is 0 Å². The van der Waals surface area contributed by atoms with Crippen LogP contribution < -0.4 is 0 Å². The maximum Gasteiger partial charge on any atom is 0.100 e. The van der Waals surface area contributed by atoms with Gasteiger partial charge in [-0.1, -0.05) is 30.8 Å². The average molecular weight is 165 g/mol. The Hall–Kier alpha value is -0.760. The molecule has 0 aliphatic carbocycles. The molecule has 11 heavy (non-hydrogen) atoms. The quantitative estimate of drug-likeness (QED) is 0.638. The lowest BCUT2D eigenvalue weighted by Gasteiger charge is -1.91. The van der Waals surface area contributed by atoms with Crippen LogP contribution in [0.4, 0.5) is 0 Å². The predicted molar refractivity (Wildman–Crippen MR) is 49.5 cm³/mol. The van der Waals surface area contributed by atoms with Crippen LogP contribution in [-0.2, 0) is 0 Å². The third kappa shape index (κ3) is 3.23. The van der Waals surface area contributed by atoms with Gasteiger partial charge in [-0.2, -0.15) is 0 Å². The van der Waals surface area contributed by atoms with Crippen molar-refractivity contribution in [1.29, 1.82) is 0 Å². The molecular formula is C9H11NS. The largest absolute Gasteiger partial charge is 0.250 e. The van der Waals surface area contributed by atoms with Crippen LogP contribution in [0.1, 0.15) is 13.3 Å². The normalized spacial score (nSPS) is 10.6. The molecule has 1 rings (SSSR count). The molecule has 0 unspecified atom stereocenters. The molecule has 0 amide bonds. The summed E-state index contributed by atoms with van der Waals surface area (Å²) in [7, 11) is 0. The van der Waals surface area contributed by atoms with Gasteiger partial charge in [0.05, 0.1) is 0 Å². The number of hydrogen-bond acceptors (Lipinski definition) is 2. The van der Waals surface area contributed by atoms with Crippen molar-refractivity contribution in [3.8, 4) is 0 Å². The molecule has 0 aromatic carbocycles. The predicted octanol–water partition coefficient (Wildman–Crippen LogP) is 3.10. The highest BCUT2D eigenvalue weighted by molar-refractivity contribution is 8.02. The molecule has 0 spiro atoms. The Morgan fingerprint density at radius 3 is 3.09 bits per heavy atom. The van der Waals surface area contributed by atoms with Crippen LogP contribution in [0.25, 0.3) is 0 Å². The average Bonchev–Trinajstić information content (AvgIpc) is 2.07. The van der Waals surface area contributed by atoms with Gasteiger partial charge in [-0.05, 0) is 24.0 Å². The van der Waals surface area contributed by atoms with Crippen molar-refractivity contribution in [2.45, 2.75) is 18.4 Å². The minimum atomic E-state index is 1.05. The third-order valence-corrected chi connectivity index (χ3v) is 1.97. The van der Waals surface area contributed by atoms with E-state index in [4.69, 9.17) is 0 Å². The van der Waals surface area contributed by atoms with E-state index in [9.17, 15) is 0 Å². The molecule has 0 saturated heterocycles. The molecule has 0 aliphatic heterocycles. The summed E-state index contributed by atoms with van der Waals surface area (Å²) in [6.07, 6.45) is 5.02. The Bertz CT molecular complexity index is 218. The maximum atomic E-state index is 4.16. The summed E-state index contributed by atoms with van der Waals surface area (Å²) in [6.45, 7) is 2.12. The summed E-state index contributed by atoms with van der Waals surface area (Å²) in [5.74, 6) is 0. The first-order chi connectivity index (χ1) is 5.43. The highest BCUT2D eigenvalue weighted by atomic mass is 32.2. The van der Waals surface area contributed by atoms with E-state index < -0.39 is 0 Å². The summed E-state index contributed by atoms with van der Waals surface area (Å²) in [6, 6.07) is 5.92. The molecule has 1 aromatic heterocycles. The van der Waals surface area contributed by atoms with Crippen molar-refractivity contribution in [2.24, 2.45) is 0 Å². The zero-order valence-electron chi connectivity index (χ0n) is 6.53. The second-order valence-electron chi connectivity index (χ2n) is 2.07. The molecule has 0 fully saturated rings. The molecule has 58 valence electrons. The standard InChI is InChI=1S/C9H11NS/c1-2-3-8-11-9-6-4-5-7-10-9/h3-8H,2H2,1H3. The minimum absolute atomic E-state index is 1.05. The second-order valence-corrected chi connectivity index (χ2v) is 2.99. The zero-order chi connectivity index (χ0) is 7.94. The van der Waals surface area contributed by atoms with E-state index in [0.717, 1.165) is 11.4 Å². The molecule has 1 nitrogen and oxygen atoms in total. The first-order valence-corrected chi connectivity index (χ1v) is 4.54. The fourth-order valence-corrected chi connectivity index (χ4v) is 1.34. The molecule has 0 bridgehead atoms. The summed E-state index contributed by atoms with van der Waals surface area (Å²) in [4.78, 5) is 4.16. The summed E-state index contributed by atoms with van der Waals surface area (Å²) in [5, 5.41) is 3.12. The summed E-state index contributed by atoms with van der Waals surface area (Å²) >= 11 is 1.65. The summed E-state index contributed by atoms with van der Waals surface area (Å²) in [5.41, 5.74) is 0. The number of rotatable bonds is 3. The zero-order valence-corrected chi connectivity index (χ0v) is 7.34. The first kappa shape index (κ1) is 8.34. The van der Waals surface area contributed by atoms with Crippen LogP contribution in [0.2, 0.25) is 0 Å². The van der Waals surface area contributed by atoms with E-state index in [-0.39, 0.29) is 0 Å². The fourth-order valence-electron chi connectivity index (χ4n) is 0.631. The van der Waals surface area contributed by atoms with Crippen molar-refractivity contribution >= 4 is 11.8 Å². The van der Waals surface area contributed by atoms with Crippen LogP contribution in [0.3, 0.4) is 0 Å². The van der Waals surface area contributed by atoms with Gasteiger partial charge in [0.25, 0.3) is 0 Å². The smallest absolute Gasteiger partial charge is 0.100 e. The van der Waals surface area contributed by atoms with Crippen molar-refractivity contribution in [1.82, 2.24) is 4.98 Å². The fraction of sp³-hybridized carbons (Fsp3) is 0.222. The molecule has 0 aliphatic rings. The number of thioether (sulfide) groups is 1. The maximum absolute atomic E-state index is 4.16. The number of hydrogen-bond donors (Lipinski definition) is 0. The molecule has 1 aromatic rings. The number of allylic oxidation sites excluding steroid dienone is 1. The molecular weight excluding hydrogens is 154 g/mol. The summed E-state index contributed by atoms with van der Waals surface area (Å²) < 4.78 is 0. The van der Waals surface area contributed by atoms with Gasteiger partial charge in [0.2, 0.25) is 0 Å². The highest BCUT2D eigenvalue weighted by Gasteiger charge is 1.86. The number of aromatic nitrogens is 1. The molecule has 0 radical (unpaired) electrons. The number of nitrogens with zero attached hydrogens (tertiary/aromatic N) is 1.